The van der Waals surface area contributed by atoms with Gasteiger partial charge in [-0.1, -0.05) is 0 Å². The van der Waals surface area contributed by atoms with Gasteiger partial charge in [0, 0.05) is 6.07 Å². The van der Waals surface area contributed by atoms with Crippen LogP contribution >= 0.6 is 0 Å². The van der Waals surface area contributed by atoms with E-state index in [-0.39, 0.29) is 5.39 Å². The van der Waals surface area contributed by atoms with E-state index in [9.17, 15) is 10.0 Å². The van der Waals surface area contributed by atoms with Gasteiger partial charge in [0.25, 0.3) is 5.56 Å². The van der Waals surface area contributed by atoms with Gasteiger partial charge in [0.2, 0.25) is 0 Å². The van der Waals surface area contributed by atoms with Crippen molar-refractivity contribution in [2.75, 3.05) is 14.2 Å². The molecule has 0 fully saturated rings. The molecule has 1 N–H and O–H groups in total. The van der Waals surface area contributed by atoms with Crippen molar-refractivity contribution < 1.29 is 14.7 Å². The minimum absolute atomic E-state index is 0.266. The Morgan fingerprint density at radius 1 is 1.25 bits per heavy atom. The van der Waals surface area contributed by atoms with Gasteiger partial charge in [-0.05, 0) is 6.07 Å². The van der Waals surface area contributed by atoms with E-state index in [0.717, 1.165) is 11.1 Å². The second kappa shape index (κ2) is 3.73. The Balaban J connectivity index is 2.88. The zero-order chi connectivity index (χ0) is 11.7. The van der Waals surface area contributed by atoms with E-state index in [1.165, 1.54) is 26.4 Å². The maximum absolute atomic E-state index is 11.5. The van der Waals surface area contributed by atoms with Crippen LogP contribution in [0.25, 0.3) is 10.9 Å². The van der Waals surface area contributed by atoms with Crippen LogP contribution in [0.5, 0.6) is 11.5 Å². The second-order valence-electron chi connectivity index (χ2n) is 3.12. The highest BCUT2D eigenvalue weighted by molar-refractivity contribution is 5.81. The van der Waals surface area contributed by atoms with Crippen LogP contribution < -0.4 is 15.0 Å². The van der Waals surface area contributed by atoms with Crippen molar-refractivity contribution in [2.24, 2.45) is 0 Å². The quantitative estimate of drug-likeness (QED) is 0.755. The molecule has 6 heteroatoms. The normalized spacial score (nSPS) is 10.4. The average molecular weight is 222 g/mol. The molecule has 0 radical (unpaired) electrons. The minimum Gasteiger partial charge on any atom is -0.493 e. The van der Waals surface area contributed by atoms with Crippen LogP contribution in [-0.4, -0.2) is 29.1 Å². The van der Waals surface area contributed by atoms with E-state index in [2.05, 4.69) is 4.98 Å². The zero-order valence-corrected chi connectivity index (χ0v) is 8.80. The number of ether oxygens (including phenoxy) is 2. The molecule has 6 nitrogen and oxygen atoms in total. The molecular weight excluding hydrogens is 212 g/mol. The van der Waals surface area contributed by atoms with Crippen molar-refractivity contribution in [1.29, 1.82) is 0 Å². The number of hydrogen-bond donors (Lipinski definition) is 1. The van der Waals surface area contributed by atoms with Crippen LogP contribution in [0.1, 0.15) is 0 Å². The van der Waals surface area contributed by atoms with Crippen LogP contribution in [-0.2, 0) is 0 Å². The molecule has 0 aliphatic rings. The molecule has 1 heterocycles. The molecule has 2 rings (SSSR count). The predicted octanol–water partition coefficient (Wildman–Crippen LogP) is 0.651. The first-order valence-electron chi connectivity index (χ1n) is 4.50. The summed E-state index contributed by atoms with van der Waals surface area (Å²) in [6.07, 6.45) is 1.04. The first-order chi connectivity index (χ1) is 7.67. The molecule has 16 heavy (non-hydrogen) atoms. The lowest BCUT2D eigenvalue weighted by molar-refractivity contribution is 0.194. The van der Waals surface area contributed by atoms with E-state index in [4.69, 9.17) is 9.47 Å². The monoisotopic (exact) mass is 222 g/mol. The third kappa shape index (κ3) is 1.44. The van der Waals surface area contributed by atoms with Gasteiger partial charge >= 0.3 is 0 Å². The highest BCUT2D eigenvalue weighted by Crippen LogP contribution is 2.30. The van der Waals surface area contributed by atoms with Crippen molar-refractivity contribution in [3.8, 4) is 11.5 Å². The van der Waals surface area contributed by atoms with E-state index in [0.29, 0.717) is 17.0 Å². The number of rotatable bonds is 2. The van der Waals surface area contributed by atoms with Gasteiger partial charge in [-0.2, -0.15) is 9.71 Å². The Kier molecular flexibility index (Phi) is 2.40. The van der Waals surface area contributed by atoms with Crippen molar-refractivity contribution in [3.05, 3.63) is 28.8 Å². The summed E-state index contributed by atoms with van der Waals surface area (Å²) in [5.74, 6) is 0.850. The number of methoxy groups -OCH3 is 2. The van der Waals surface area contributed by atoms with Crippen molar-refractivity contribution in [3.63, 3.8) is 0 Å². The van der Waals surface area contributed by atoms with Crippen LogP contribution in [0, 0.1) is 0 Å². The van der Waals surface area contributed by atoms with E-state index >= 15 is 0 Å². The average Bonchev–Trinajstić information content (AvgIpc) is 2.32. The van der Waals surface area contributed by atoms with Gasteiger partial charge < -0.3 is 14.7 Å². The number of benzene rings is 1. The summed E-state index contributed by atoms with van der Waals surface area (Å²) in [6, 6.07) is 2.99. The molecule has 0 bridgehead atoms. The molecule has 0 atom stereocenters. The maximum Gasteiger partial charge on any atom is 0.280 e. The number of aromatic nitrogens is 2. The van der Waals surface area contributed by atoms with Crippen LogP contribution in [0.3, 0.4) is 0 Å². The smallest absolute Gasteiger partial charge is 0.280 e. The lowest BCUT2D eigenvalue weighted by Crippen LogP contribution is -2.11. The molecule has 1 aromatic carbocycles. The first-order valence-corrected chi connectivity index (χ1v) is 4.50. The topological polar surface area (TPSA) is 73.6 Å². The van der Waals surface area contributed by atoms with Gasteiger partial charge in [-0.3, -0.25) is 4.79 Å². The Labute approximate surface area is 90.6 Å². The summed E-state index contributed by atoms with van der Waals surface area (Å²) in [5, 5.41) is 9.76. The number of nitrogens with zero attached hydrogens (tertiary/aromatic N) is 2. The number of fused-ring (bicyclic) bond motifs is 1. The van der Waals surface area contributed by atoms with Crippen molar-refractivity contribution in [2.45, 2.75) is 0 Å². The second-order valence-corrected chi connectivity index (χ2v) is 3.12. The molecular formula is C10H10N2O4. The van der Waals surface area contributed by atoms with E-state index in [1.807, 2.05) is 0 Å². The van der Waals surface area contributed by atoms with Crippen LogP contribution in [0.4, 0.5) is 0 Å². The Hall–Kier alpha value is -2.24. The van der Waals surface area contributed by atoms with Gasteiger partial charge in [-0.15, -0.1) is 0 Å². The molecule has 0 aliphatic heterocycles. The van der Waals surface area contributed by atoms with E-state index < -0.39 is 5.56 Å². The SMILES string of the molecule is COc1cc2c(=O)ncn(O)c2cc1OC. The molecule has 0 saturated carbocycles. The Morgan fingerprint density at radius 3 is 2.50 bits per heavy atom. The summed E-state index contributed by atoms with van der Waals surface area (Å²) >= 11 is 0. The molecule has 84 valence electrons. The van der Waals surface area contributed by atoms with Gasteiger partial charge in [0.05, 0.1) is 25.1 Å². The van der Waals surface area contributed by atoms with Crippen molar-refractivity contribution >= 4 is 10.9 Å². The Morgan fingerprint density at radius 2 is 1.88 bits per heavy atom. The summed E-state index contributed by atoms with van der Waals surface area (Å²) in [6.45, 7) is 0. The first kappa shape index (κ1) is 10.3. The zero-order valence-electron chi connectivity index (χ0n) is 8.80. The fourth-order valence-electron chi connectivity index (χ4n) is 1.47. The fraction of sp³-hybridized carbons (Fsp3) is 0.200. The van der Waals surface area contributed by atoms with Gasteiger partial charge in [-0.25, -0.2) is 0 Å². The highest BCUT2D eigenvalue weighted by atomic mass is 16.5. The summed E-state index contributed by atoms with van der Waals surface area (Å²) in [4.78, 5) is 15.0. The van der Waals surface area contributed by atoms with E-state index in [1.54, 1.807) is 0 Å². The van der Waals surface area contributed by atoms with Crippen LogP contribution in [0.2, 0.25) is 0 Å². The van der Waals surface area contributed by atoms with Crippen molar-refractivity contribution in [1.82, 2.24) is 9.71 Å². The summed E-state index contributed by atoms with van der Waals surface area (Å²) < 4.78 is 10.9. The predicted molar refractivity (Wildman–Crippen MR) is 56.3 cm³/mol. The highest BCUT2D eigenvalue weighted by Gasteiger charge is 2.10. The lowest BCUT2D eigenvalue weighted by Gasteiger charge is -2.09. The number of hydrogen-bond acceptors (Lipinski definition) is 5. The molecule has 0 unspecified atom stereocenters. The molecule has 0 spiro atoms. The largest absolute Gasteiger partial charge is 0.493 e. The third-order valence-corrected chi connectivity index (χ3v) is 2.26. The maximum atomic E-state index is 11.5. The van der Waals surface area contributed by atoms with Gasteiger partial charge in [0.1, 0.15) is 6.33 Å². The molecule has 2 aromatic rings. The molecule has 0 saturated heterocycles. The fourth-order valence-corrected chi connectivity index (χ4v) is 1.47. The summed E-state index contributed by atoms with van der Waals surface area (Å²) in [5.41, 5.74) is -0.112. The lowest BCUT2D eigenvalue weighted by atomic mass is 10.2. The van der Waals surface area contributed by atoms with Gasteiger partial charge in [0.15, 0.2) is 11.5 Å². The standard InChI is InChI=1S/C10H10N2O4/c1-15-8-3-6-7(4-9(8)16-2)12(14)5-11-10(6)13/h3-5,14H,1-2H3. The molecule has 0 amide bonds. The molecule has 0 aliphatic carbocycles. The third-order valence-electron chi connectivity index (χ3n) is 2.26. The molecule has 1 aromatic heterocycles. The summed E-state index contributed by atoms with van der Waals surface area (Å²) in [7, 11) is 2.95. The van der Waals surface area contributed by atoms with Crippen LogP contribution in [0.15, 0.2) is 23.3 Å². The minimum atomic E-state index is -0.429. The Bertz CT molecular complexity index is 591.